The molecule has 4 nitrogen and oxygen atoms in total. The lowest BCUT2D eigenvalue weighted by atomic mass is 10.2. The van der Waals surface area contributed by atoms with Gasteiger partial charge in [0.15, 0.2) is 12.4 Å². The van der Waals surface area contributed by atoms with E-state index in [0.717, 1.165) is 0 Å². The first-order chi connectivity index (χ1) is 10.2. The minimum Gasteiger partial charge on any atom is -0.365 e. The molecule has 0 aromatic carbocycles. The van der Waals surface area contributed by atoms with E-state index in [1.807, 2.05) is 92.9 Å². The molecule has 1 aromatic heterocycles. The summed E-state index contributed by atoms with van der Waals surface area (Å²) in [5.74, 6) is 0. The predicted molar refractivity (Wildman–Crippen MR) is 94.9 cm³/mol. The maximum Gasteiger partial charge on any atom is 0.571 e. The summed E-state index contributed by atoms with van der Waals surface area (Å²) in [5.41, 5.74) is -1.05. The van der Waals surface area contributed by atoms with Crippen LogP contribution in [0.15, 0.2) is 30.6 Å². The van der Waals surface area contributed by atoms with Crippen molar-refractivity contribution in [1.82, 2.24) is 0 Å². The van der Waals surface area contributed by atoms with Gasteiger partial charge in [0.05, 0.1) is 16.8 Å². The molecular weight excluding hydrogens is 306 g/mol. The van der Waals surface area contributed by atoms with E-state index in [-0.39, 0.29) is 16.8 Å². The highest BCUT2D eigenvalue weighted by Crippen LogP contribution is 2.28. The van der Waals surface area contributed by atoms with Gasteiger partial charge in [-0.05, 0) is 62.3 Å². The molecule has 0 saturated carbocycles. The van der Waals surface area contributed by atoms with E-state index < -0.39 is 8.80 Å². The van der Waals surface area contributed by atoms with Crippen molar-refractivity contribution < 1.29 is 17.8 Å². The Labute approximate surface area is 143 Å². The summed E-state index contributed by atoms with van der Waals surface area (Å²) in [7, 11) is -2.98. The molecule has 0 unspecified atom stereocenters. The van der Waals surface area contributed by atoms with Crippen LogP contribution in [-0.4, -0.2) is 25.6 Å². The first kappa shape index (κ1) is 20.3. The Hall–Kier alpha value is -0.753. The molecule has 0 amide bonds. The number of nitrogens with zero attached hydrogens (tertiary/aromatic N) is 1. The smallest absolute Gasteiger partial charge is 0.365 e. The van der Waals surface area contributed by atoms with Crippen LogP contribution >= 0.6 is 0 Å². The molecule has 1 rings (SSSR count). The largest absolute Gasteiger partial charge is 0.571 e. The average Bonchev–Trinajstić information content (AvgIpc) is 2.21. The van der Waals surface area contributed by atoms with Gasteiger partial charge in [-0.2, -0.15) is 0 Å². The van der Waals surface area contributed by atoms with Crippen molar-refractivity contribution in [2.24, 2.45) is 0 Å². The Morgan fingerprint density at radius 2 is 1.00 bits per heavy atom. The molecule has 0 fully saturated rings. The topological polar surface area (TPSA) is 31.6 Å². The third kappa shape index (κ3) is 8.60. The van der Waals surface area contributed by atoms with E-state index in [0.29, 0.717) is 6.17 Å². The van der Waals surface area contributed by atoms with Crippen LogP contribution in [0.3, 0.4) is 0 Å². The maximum absolute atomic E-state index is 6.46. The molecule has 1 aromatic rings. The van der Waals surface area contributed by atoms with Gasteiger partial charge in [-0.3, -0.25) is 0 Å². The second-order valence-electron chi connectivity index (χ2n) is 8.87. The van der Waals surface area contributed by atoms with Gasteiger partial charge in [-0.1, -0.05) is 6.07 Å². The van der Waals surface area contributed by atoms with E-state index in [4.69, 9.17) is 13.3 Å². The van der Waals surface area contributed by atoms with Crippen LogP contribution < -0.4 is 4.57 Å². The molecule has 23 heavy (non-hydrogen) atoms. The molecule has 0 bridgehead atoms. The lowest BCUT2D eigenvalue weighted by Crippen LogP contribution is -2.64. The molecule has 132 valence electrons. The van der Waals surface area contributed by atoms with Gasteiger partial charge in [-0.15, -0.1) is 0 Å². The molecule has 0 aliphatic rings. The van der Waals surface area contributed by atoms with E-state index in [1.54, 1.807) is 0 Å². The van der Waals surface area contributed by atoms with Gasteiger partial charge in [0.25, 0.3) is 0 Å². The summed E-state index contributed by atoms with van der Waals surface area (Å²) in [6.07, 6.45) is 4.62. The van der Waals surface area contributed by atoms with Crippen LogP contribution in [0, 0.1) is 0 Å². The Morgan fingerprint density at radius 1 is 0.652 bits per heavy atom. The summed E-state index contributed by atoms with van der Waals surface area (Å²) in [4.78, 5) is 0. The number of pyridine rings is 1. The highest BCUT2D eigenvalue weighted by atomic mass is 28.4. The first-order valence-corrected chi connectivity index (χ1v) is 10.2. The van der Waals surface area contributed by atoms with Crippen LogP contribution in [0.1, 0.15) is 62.3 Å². The van der Waals surface area contributed by atoms with E-state index in [1.165, 1.54) is 0 Å². The minimum absolute atomic E-state index is 0.349. The van der Waals surface area contributed by atoms with Crippen molar-refractivity contribution in [3.63, 3.8) is 0 Å². The zero-order valence-electron chi connectivity index (χ0n) is 16.3. The highest BCUT2D eigenvalue weighted by Gasteiger charge is 2.54. The quantitative estimate of drug-likeness (QED) is 0.602. The first-order valence-electron chi connectivity index (χ1n) is 8.24. The third-order valence-corrected chi connectivity index (χ3v) is 6.06. The van der Waals surface area contributed by atoms with Crippen LogP contribution in [0.25, 0.3) is 0 Å². The summed E-state index contributed by atoms with van der Waals surface area (Å²) < 4.78 is 21.4. The summed E-state index contributed by atoms with van der Waals surface area (Å²) in [6.45, 7) is 18.4. The molecule has 0 N–H and O–H groups in total. The number of aromatic nitrogens is 1. The fourth-order valence-corrected chi connectivity index (χ4v) is 6.10. The van der Waals surface area contributed by atoms with Gasteiger partial charge in [0, 0.05) is 12.1 Å². The molecule has 0 aliphatic heterocycles. The zero-order valence-corrected chi connectivity index (χ0v) is 17.3. The van der Waals surface area contributed by atoms with Gasteiger partial charge < -0.3 is 13.3 Å². The monoisotopic (exact) mass is 340 g/mol. The van der Waals surface area contributed by atoms with Crippen molar-refractivity contribution in [2.45, 2.75) is 85.3 Å². The Morgan fingerprint density at radius 3 is 1.30 bits per heavy atom. The molecule has 0 saturated heterocycles. The standard InChI is InChI=1S/C18H34NO3Si/c1-16(2,3)20-23(21-17(4,5)6,22-18(7,8)9)15-19-13-11-10-12-14-19/h10-14H,15H2,1-9H3/q+1. The normalized spacial score (nSPS) is 14.1. The van der Waals surface area contributed by atoms with Crippen molar-refractivity contribution in [3.8, 4) is 0 Å². The molecular formula is C18H34NO3Si+. The molecule has 1 heterocycles. The van der Waals surface area contributed by atoms with Gasteiger partial charge in [-0.25, -0.2) is 4.57 Å². The average molecular weight is 341 g/mol. The lowest BCUT2D eigenvalue weighted by Gasteiger charge is -2.41. The minimum atomic E-state index is -2.98. The van der Waals surface area contributed by atoms with Crippen LogP contribution in [0.2, 0.25) is 0 Å². The second kappa shape index (κ2) is 7.01. The Kier molecular flexibility index (Phi) is 6.19. The molecule has 0 aliphatic carbocycles. The Balaban J connectivity index is 3.26. The van der Waals surface area contributed by atoms with Gasteiger partial charge in [0.2, 0.25) is 6.17 Å². The molecule has 0 spiro atoms. The summed E-state index contributed by atoms with van der Waals surface area (Å²) in [6, 6.07) is 6.01. The van der Waals surface area contributed by atoms with Crippen molar-refractivity contribution in [2.75, 3.05) is 0 Å². The second-order valence-corrected chi connectivity index (χ2v) is 11.2. The van der Waals surface area contributed by atoms with Crippen LogP contribution in [0.5, 0.6) is 0 Å². The number of hydrogen-bond donors (Lipinski definition) is 0. The summed E-state index contributed by atoms with van der Waals surface area (Å²) >= 11 is 0. The molecule has 5 heteroatoms. The van der Waals surface area contributed by atoms with Crippen molar-refractivity contribution >= 4 is 8.80 Å². The fourth-order valence-electron chi connectivity index (χ4n) is 2.32. The van der Waals surface area contributed by atoms with E-state index in [2.05, 4.69) is 4.57 Å². The van der Waals surface area contributed by atoms with Crippen molar-refractivity contribution in [1.29, 1.82) is 0 Å². The lowest BCUT2D eigenvalue weighted by molar-refractivity contribution is -0.686. The molecule has 0 radical (unpaired) electrons. The van der Waals surface area contributed by atoms with Crippen LogP contribution in [0.4, 0.5) is 0 Å². The van der Waals surface area contributed by atoms with E-state index in [9.17, 15) is 0 Å². The SMILES string of the molecule is CC(C)(C)O[Si](C[n+]1ccccc1)(OC(C)(C)C)OC(C)(C)C. The van der Waals surface area contributed by atoms with Crippen LogP contribution in [-0.2, 0) is 19.4 Å². The predicted octanol–water partition coefficient (Wildman–Crippen LogP) is 3.90. The number of hydrogen-bond acceptors (Lipinski definition) is 3. The molecule has 0 atom stereocenters. The summed E-state index contributed by atoms with van der Waals surface area (Å²) in [5, 5.41) is 0. The third-order valence-electron chi connectivity index (χ3n) is 2.54. The van der Waals surface area contributed by atoms with E-state index >= 15 is 0 Å². The maximum atomic E-state index is 6.46. The van der Waals surface area contributed by atoms with Gasteiger partial charge >= 0.3 is 8.80 Å². The number of rotatable bonds is 5. The van der Waals surface area contributed by atoms with Gasteiger partial charge in [0.1, 0.15) is 0 Å². The zero-order chi connectivity index (χ0) is 17.9. The van der Waals surface area contributed by atoms with Crippen molar-refractivity contribution in [3.05, 3.63) is 30.6 Å². The fraction of sp³-hybridized carbons (Fsp3) is 0.722. The highest BCUT2D eigenvalue weighted by molar-refractivity contribution is 6.59. The Bertz CT molecular complexity index is 443.